The van der Waals surface area contributed by atoms with Crippen molar-refractivity contribution in [3.63, 3.8) is 0 Å². The van der Waals surface area contributed by atoms with Gasteiger partial charge in [-0.2, -0.15) is 0 Å². The molecule has 0 saturated heterocycles. The Kier molecular flexibility index (Phi) is 6.28. The predicted molar refractivity (Wildman–Crippen MR) is 245 cm³/mol. The second kappa shape index (κ2) is 11.6. The van der Waals surface area contributed by atoms with Crippen LogP contribution < -0.4 is 26.2 Å². The van der Waals surface area contributed by atoms with E-state index in [0.717, 1.165) is 11.4 Å². The van der Waals surface area contributed by atoms with Crippen LogP contribution in [-0.4, -0.2) is 6.71 Å². The SMILES string of the molecule is c1ccc(N2c3cc4ccccc4cc3B3c4cc5ccccc5cc4N(c4ccccc4)c4cc(-c5cc6ccc7cccc8ccc(c5)c6c78)cc2c43)cc1. The molecule has 3 heteroatoms. The normalized spacial score (nSPS) is 13.2. The quantitative estimate of drug-likeness (QED) is 0.132. The average molecular weight is 721 g/mol. The Labute approximate surface area is 330 Å². The molecule has 2 heterocycles. The highest BCUT2D eigenvalue weighted by Gasteiger charge is 2.44. The molecular formula is C54H33BN2. The van der Waals surface area contributed by atoms with Crippen molar-refractivity contribution in [3.05, 3.63) is 200 Å². The lowest BCUT2D eigenvalue weighted by Crippen LogP contribution is -2.61. The monoisotopic (exact) mass is 720 g/mol. The van der Waals surface area contributed by atoms with E-state index in [1.165, 1.54) is 104 Å². The van der Waals surface area contributed by atoms with Crippen LogP contribution in [0.5, 0.6) is 0 Å². The maximum absolute atomic E-state index is 2.53. The molecule has 11 aromatic rings. The Morgan fingerprint density at radius 2 is 0.667 bits per heavy atom. The van der Waals surface area contributed by atoms with Gasteiger partial charge in [0.25, 0.3) is 6.71 Å². The molecule has 262 valence electrons. The zero-order valence-electron chi connectivity index (χ0n) is 31.0. The van der Waals surface area contributed by atoms with Crippen LogP contribution in [0.25, 0.3) is 65.0 Å². The Morgan fingerprint density at radius 3 is 1.16 bits per heavy atom. The molecule has 0 aliphatic carbocycles. The number of hydrogen-bond acceptors (Lipinski definition) is 2. The van der Waals surface area contributed by atoms with Gasteiger partial charge in [0.1, 0.15) is 0 Å². The number of rotatable bonds is 3. The zero-order valence-corrected chi connectivity index (χ0v) is 31.0. The zero-order chi connectivity index (χ0) is 37.2. The number of nitrogens with zero attached hydrogens (tertiary/aromatic N) is 2. The minimum Gasteiger partial charge on any atom is -0.311 e. The summed E-state index contributed by atoms with van der Waals surface area (Å²) >= 11 is 0. The van der Waals surface area contributed by atoms with Crippen molar-refractivity contribution >= 4 is 111 Å². The minimum absolute atomic E-state index is 0.0219. The maximum atomic E-state index is 2.53. The summed E-state index contributed by atoms with van der Waals surface area (Å²) in [5, 5.41) is 12.8. The highest BCUT2D eigenvalue weighted by molar-refractivity contribution is 7.00. The molecule has 0 amide bonds. The Bertz CT molecular complexity index is 3210. The Hall–Kier alpha value is -7.36. The molecular weight excluding hydrogens is 687 g/mol. The van der Waals surface area contributed by atoms with Crippen molar-refractivity contribution in [2.24, 2.45) is 0 Å². The van der Waals surface area contributed by atoms with Gasteiger partial charge in [0.05, 0.1) is 0 Å². The second-order valence-corrected chi connectivity index (χ2v) is 15.7. The van der Waals surface area contributed by atoms with Gasteiger partial charge in [-0.3, -0.25) is 0 Å². The van der Waals surface area contributed by atoms with Crippen molar-refractivity contribution in [2.45, 2.75) is 0 Å². The van der Waals surface area contributed by atoms with Gasteiger partial charge in [-0.25, -0.2) is 0 Å². The summed E-state index contributed by atoms with van der Waals surface area (Å²) in [5.74, 6) is 0. The summed E-state index contributed by atoms with van der Waals surface area (Å²) in [6.07, 6.45) is 0. The first-order chi connectivity index (χ1) is 28.2. The molecule has 0 aromatic heterocycles. The molecule has 13 rings (SSSR count). The molecule has 2 aliphatic heterocycles. The fourth-order valence-corrected chi connectivity index (χ4v) is 10.2. The minimum atomic E-state index is 0.0219. The fraction of sp³-hybridized carbons (Fsp3) is 0. The van der Waals surface area contributed by atoms with Gasteiger partial charge in [-0.05, 0) is 142 Å². The molecule has 0 saturated carbocycles. The van der Waals surface area contributed by atoms with E-state index in [1.807, 2.05) is 0 Å². The van der Waals surface area contributed by atoms with E-state index >= 15 is 0 Å². The van der Waals surface area contributed by atoms with Gasteiger partial charge in [-0.15, -0.1) is 0 Å². The highest BCUT2D eigenvalue weighted by atomic mass is 15.2. The van der Waals surface area contributed by atoms with Crippen LogP contribution in [0.1, 0.15) is 0 Å². The number of para-hydroxylation sites is 2. The molecule has 0 fully saturated rings. The van der Waals surface area contributed by atoms with E-state index in [9.17, 15) is 0 Å². The first-order valence-electron chi connectivity index (χ1n) is 19.9. The Balaban J connectivity index is 1.17. The van der Waals surface area contributed by atoms with Gasteiger partial charge < -0.3 is 9.80 Å². The van der Waals surface area contributed by atoms with E-state index in [0.29, 0.717) is 0 Å². The first kappa shape index (κ1) is 30.9. The molecule has 2 aliphatic rings. The van der Waals surface area contributed by atoms with Crippen molar-refractivity contribution < 1.29 is 0 Å². The Morgan fingerprint density at radius 1 is 0.281 bits per heavy atom. The van der Waals surface area contributed by atoms with Crippen molar-refractivity contribution in [1.82, 2.24) is 0 Å². The molecule has 11 aromatic carbocycles. The molecule has 0 N–H and O–H groups in total. The summed E-state index contributed by atoms with van der Waals surface area (Å²) in [6, 6.07) is 74.9. The molecule has 0 bridgehead atoms. The van der Waals surface area contributed by atoms with E-state index in [4.69, 9.17) is 0 Å². The lowest BCUT2D eigenvalue weighted by molar-refractivity contribution is 1.26. The van der Waals surface area contributed by atoms with E-state index in [-0.39, 0.29) is 6.71 Å². The molecule has 0 atom stereocenters. The topological polar surface area (TPSA) is 6.48 Å². The highest BCUT2D eigenvalue weighted by Crippen LogP contribution is 2.48. The van der Waals surface area contributed by atoms with Crippen LogP contribution in [-0.2, 0) is 0 Å². The van der Waals surface area contributed by atoms with Crippen LogP contribution in [0.4, 0.5) is 34.1 Å². The van der Waals surface area contributed by atoms with Crippen LogP contribution in [0, 0.1) is 0 Å². The number of hydrogen-bond donors (Lipinski definition) is 0. The number of benzene rings is 11. The van der Waals surface area contributed by atoms with Gasteiger partial charge >= 0.3 is 0 Å². The predicted octanol–water partition coefficient (Wildman–Crippen LogP) is 12.6. The second-order valence-electron chi connectivity index (χ2n) is 15.7. The number of anilines is 6. The van der Waals surface area contributed by atoms with Crippen LogP contribution in [0.3, 0.4) is 0 Å². The van der Waals surface area contributed by atoms with Gasteiger partial charge in [-0.1, -0.05) is 140 Å². The summed E-state index contributed by atoms with van der Waals surface area (Å²) in [6.45, 7) is 0.0219. The van der Waals surface area contributed by atoms with E-state index in [1.54, 1.807) is 0 Å². The van der Waals surface area contributed by atoms with Crippen molar-refractivity contribution in [1.29, 1.82) is 0 Å². The van der Waals surface area contributed by atoms with Gasteiger partial charge in [0, 0.05) is 34.1 Å². The van der Waals surface area contributed by atoms with Crippen molar-refractivity contribution in [3.8, 4) is 11.1 Å². The van der Waals surface area contributed by atoms with Crippen LogP contribution in [0.2, 0.25) is 0 Å². The first-order valence-corrected chi connectivity index (χ1v) is 19.9. The third-order valence-corrected chi connectivity index (χ3v) is 12.6. The third kappa shape index (κ3) is 4.43. The van der Waals surface area contributed by atoms with Gasteiger partial charge in [0.2, 0.25) is 0 Å². The van der Waals surface area contributed by atoms with E-state index < -0.39 is 0 Å². The van der Waals surface area contributed by atoms with Crippen molar-refractivity contribution in [2.75, 3.05) is 9.80 Å². The van der Waals surface area contributed by atoms with Crippen LogP contribution in [0.15, 0.2) is 200 Å². The summed E-state index contributed by atoms with van der Waals surface area (Å²) in [4.78, 5) is 5.06. The number of fused-ring (bicyclic) bond motifs is 6. The standard InChI is InChI=1S/C54H33BN2/c1-3-18-44(19-4-1)56-48-30-38-14-9-7-12-36(38)28-46(48)55-47-29-37-13-8-10-15-39(37)31-49(47)57(45-20-5-2-6-21-45)51-33-43(32-50(56)54(51)55)42-26-40-24-22-34-16-11-17-35-23-25-41(27-42)53(40)52(34)35/h1-33H. The third-order valence-electron chi connectivity index (χ3n) is 12.6. The lowest BCUT2D eigenvalue weighted by Gasteiger charge is -2.44. The van der Waals surface area contributed by atoms with Gasteiger partial charge in [0.15, 0.2) is 0 Å². The molecule has 0 unspecified atom stereocenters. The largest absolute Gasteiger partial charge is 0.311 e. The van der Waals surface area contributed by atoms with Crippen LogP contribution >= 0.6 is 0 Å². The molecule has 0 radical (unpaired) electrons. The van der Waals surface area contributed by atoms with E-state index in [2.05, 4.69) is 210 Å². The lowest BCUT2D eigenvalue weighted by atomic mass is 9.33. The average Bonchev–Trinajstić information content (AvgIpc) is 3.27. The summed E-state index contributed by atoms with van der Waals surface area (Å²) in [5.41, 5.74) is 13.6. The summed E-state index contributed by atoms with van der Waals surface area (Å²) in [7, 11) is 0. The fourth-order valence-electron chi connectivity index (χ4n) is 10.2. The molecule has 2 nitrogen and oxygen atoms in total. The molecule has 57 heavy (non-hydrogen) atoms. The maximum Gasteiger partial charge on any atom is 0.252 e. The summed E-state index contributed by atoms with van der Waals surface area (Å²) < 4.78 is 0. The molecule has 0 spiro atoms. The smallest absolute Gasteiger partial charge is 0.252 e.